The Morgan fingerprint density at radius 1 is 1.17 bits per heavy atom. The largest absolute Gasteiger partial charge is 0.367 e. The molecule has 0 radical (unpaired) electrons. The molecule has 2 fully saturated rings. The lowest BCUT2D eigenvalue weighted by molar-refractivity contribution is -0.385. The van der Waals surface area contributed by atoms with E-state index in [1.54, 1.807) is 9.80 Å². The number of anilines is 1. The van der Waals surface area contributed by atoms with Crippen molar-refractivity contribution in [1.29, 1.82) is 0 Å². The number of piperazine rings is 1. The third-order valence-corrected chi connectivity index (χ3v) is 4.96. The van der Waals surface area contributed by atoms with Crippen LogP contribution in [0.3, 0.4) is 0 Å². The van der Waals surface area contributed by atoms with E-state index in [4.69, 9.17) is 0 Å². The number of alkyl halides is 2. The molecule has 0 aromatic heterocycles. The maximum Gasteiger partial charge on any atom is 0.272 e. The summed E-state index contributed by atoms with van der Waals surface area (Å²) in [6.07, 6.45) is 1.82. The maximum atomic E-state index is 14.1. The molecule has 1 atom stereocenters. The number of nitro benzene ring substituents is 1. The molecule has 24 heavy (non-hydrogen) atoms. The van der Waals surface area contributed by atoms with Gasteiger partial charge in [-0.15, -0.1) is 0 Å². The number of hydrogen-bond acceptors (Lipinski definition) is 4. The Bertz CT molecular complexity index is 619. The van der Waals surface area contributed by atoms with Gasteiger partial charge in [0.1, 0.15) is 0 Å². The van der Waals surface area contributed by atoms with Crippen LogP contribution in [-0.4, -0.2) is 48.0 Å². The van der Waals surface area contributed by atoms with Gasteiger partial charge >= 0.3 is 0 Å². The molecule has 8 heteroatoms. The molecular formula is C16H20F3N3O2. The summed E-state index contributed by atoms with van der Waals surface area (Å²) in [5, 5.41) is 10.7. The van der Waals surface area contributed by atoms with Crippen LogP contribution >= 0.6 is 0 Å². The topological polar surface area (TPSA) is 49.6 Å². The summed E-state index contributed by atoms with van der Waals surface area (Å²) in [7, 11) is 0. The SMILES string of the molecule is O=[N+]([O-])c1ccc(N2CCN(C3CCCCC3(F)F)CC2)c(F)c1. The molecule has 1 heterocycles. The second-order valence-corrected chi connectivity index (χ2v) is 6.44. The van der Waals surface area contributed by atoms with E-state index >= 15 is 0 Å². The van der Waals surface area contributed by atoms with Gasteiger partial charge in [-0.1, -0.05) is 6.42 Å². The summed E-state index contributed by atoms with van der Waals surface area (Å²) < 4.78 is 42.2. The van der Waals surface area contributed by atoms with Gasteiger partial charge in [-0.05, 0) is 18.9 Å². The molecule has 1 aliphatic carbocycles. The van der Waals surface area contributed by atoms with Crippen LogP contribution in [0.2, 0.25) is 0 Å². The van der Waals surface area contributed by atoms with Crippen molar-refractivity contribution in [2.75, 3.05) is 31.1 Å². The highest BCUT2D eigenvalue weighted by molar-refractivity contribution is 5.52. The number of nitrogens with zero attached hydrogens (tertiary/aromatic N) is 3. The van der Waals surface area contributed by atoms with Crippen molar-refractivity contribution in [3.05, 3.63) is 34.1 Å². The number of rotatable bonds is 3. The second kappa shape index (κ2) is 6.58. The first-order valence-electron chi connectivity index (χ1n) is 8.19. The third kappa shape index (κ3) is 3.33. The Morgan fingerprint density at radius 2 is 1.88 bits per heavy atom. The number of non-ortho nitro benzene ring substituents is 1. The van der Waals surface area contributed by atoms with Crippen LogP contribution in [0, 0.1) is 15.9 Å². The standard InChI is InChI=1S/C16H20F3N3O2/c17-13-11-12(22(23)24)4-5-14(13)20-7-9-21(10-8-20)15-3-1-2-6-16(15,18)19/h4-5,11,15H,1-3,6-10H2. The van der Waals surface area contributed by atoms with E-state index in [9.17, 15) is 23.3 Å². The average Bonchev–Trinajstić information content (AvgIpc) is 2.54. The van der Waals surface area contributed by atoms with Crippen LogP contribution in [-0.2, 0) is 0 Å². The molecule has 132 valence electrons. The van der Waals surface area contributed by atoms with Gasteiger partial charge in [-0.25, -0.2) is 13.2 Å². The van der Waals surface area contributed by atoms with E-state index in [1.807, 2.05) is 0 Å². The molecule has 5 nitrogen and oxygen atoms in total. The van der Waals surface area contributed by atoms with Crippen molar-refractivity contribution >= 4 is 11.4 Å². The molecule has 2 aliphatic rings. The summed E-state index contributed by atoms with van der Waals surface area (Å²) in [6.45, 7) is 1.75. The van der Waals surface area contributed by atoms with E-state index in [2.05, 4.69) is 0 Å². The average molecular weight is 343 g/mol. The van der Waals surface area contributed by atoms with Gasteiger partial charge < -0.3 is 4.90 Å². The number of halogens is 3. The predicted octanol–water partition coefficient (Wildman–Crippen LogP) is 3.43. The molecular weight excluding hydrogens is 323 g/mol. The van der Waals surface area contributed by atoms with Gasteiger partial charge in [-0.3, -0.25) is 15.0 Å². The molecule has 1 aliphatic heterocycles. The smallest absolute Gasteiger partial charge is 0.272 e. The summed E-state index contributed by atoms with van der Waals surface area (Å²) in [5.41, 5.74) is -0.00705. The molecule has 1 saturated carbocycles. The van der Waals surface area contributed by atoms with Gasteiger partial charge in [0.05, 0.1) is 22.7 Å². The molecule has 0 amide bonds. The zero-order valence-corrected chi connectivity index (χ0v) is 13.3. The van der Waals surface area contributed by atoms with E-state index in [0.29, 0.717) is 39.0 Å². The fourth-order valence-corrected chi connectivity index (χ4v) is 3.67. The molecule has 1 saturated heterocycles. The Hall–Kier alpha value is -1.83. The van der Waals surface area contributed by atoms with Crippen molar-refractivity contribution in [3.8, 4) is 0 Å². The van der Waals surface area contributed by atoms with Crippen molar-refractivity contribution in [2.45, 2.75) is 37.6 Å². The van der Waals surface area contributed by atoms with Crippen molar-refractivity contribution < 1.29 is 18.1 Å². The fraction of sp³-hybridized carbons (Fsp3) is 0.625. The van der Waals surface area contributed by atoms with Gasteiger partial charge in [0, 0.05) is 38.7 Å². The van der Waals surface area contributed by atoms with Gasteiger partial charge in [0.2, 0.25) is 0 Å². The first-order valence-corrected chi connectivity index (χ1v) is 8.19. The quantitative estimate of drug-likeness (QED) is 0.623. The second-order valence-electron chi connectivity index (χ2n) is 6.44. The van der Waals surface area contributed by atoms with Gasteiger partial charge in [0.25, 0.3) is 11.6 Å². The molecule has 0 spiro atoms. The minimum Gasteiger partial charge on any atom is -0.367 e. The number of hydrogen-bond donors (Lipinski definition) is 0. The lowest BCUT2D eigenvalue weighted by atomic mass is 9.90. The van der Waals surface area contributed by atoms with Gasteiger partial charge in [0.15, 0.2) is 5.82 Å². The highest BCUT2D eigenvalue weighted by Gasteiger charge is 2.45. The summed E-state index contributed by atoms with van der Waals surface area (Å²) in [5.74, 6) is -3.31. The van der Waals surface area contributed by atoms with Crippen LogP contribution in [0.4, 0.5) is 24.5 Å². The molecule has 1 aromatic carbocycles. The predicted molar refractivity (Wildman–Crippen MR) is 84.0 cm³/mol. The van der Waals surface area contributed by atoms with Crippen molar-refractivity contribution in [3.63, 3.8) is 0 Å². The molecule has 1 aromatic rings. The minimum absolute atomic E-state index is 0.0607. The van der Waals surface area contributed by atoms with Crippen LogP contribution in [0.15, 0.2) is 18.2 Å². The molecule has 0 N–H and O–H groups in total. The minimum atomic E-state index is -2.65. The van der Waals surface area contributed by atoms with Crippen molar-refractivity contribution in [1.82, 2.24) is 4.90 Å². The normalized spacial score (nSPS) is 24.8. The number of benzene rings is 1. The summed E-state index contributed by atoms with van der Waals surface area (Å²) >= 11 is 0. The lowest BCUT2D eigenvalue weighted by Gasteiger charge is -2.44. The van der Waals surface area contributed by atoms with Crippen LogP contribution in [0.5, 0.6) is 0 Å². The molecule has 1 unspecified atom stereocenters. The first kappa shape index (κ1) is 17.0. The summed E-state index contributed by atoms with van der Waals surface area (Å²) in [4.78, 5) is 13.6. The monoisotopic (exact) mass is 343 g/mol. The number of nitro groups is 1. The Labute approximate surface area is 138 Å². The first-order chi connectivity index (χ1) is 11.4. The van der Waals surface area contributed by atoms with E-state index in [-0.39, 0.29) is 17.8 Å². The lowest BCUT2D eigenvalue weighted by Crippen LogP contribution is -2.56. The summed E-state index contributed by atoms with van der Waals surface area (Å²) in [6, 6.07) is 2.82. The van der Waals surface area contributed by atoms with Crippen LogP contribution in [0.25, 0.3) is 0 Å². The zero-order valence-electron chi connectivity index (χ0n) is 13.3. The molecule has 3 rings (SSSR count). The van der Waals surface area contributed by atoms with E-state index in [1.165, 1.54) is 12.1 Å². The van der Waals surface area contributed by atoms with Crippen molar-refractivity contribution in [2.24, 2.45) is 0 Å². The highest BCUT2D eigenvalue weighted by Crippen LogP contribution is 2.37. The van der Waals surface area contributed by atoms with Gasteiger partial charge in [-0.2, -0.15) is 0 Å². The zero-order chi connectivity index (χ0) is 17.3. The Kier molecular flexibility index (Phi) is 4.67. The van der Waals surface area contributed by atoms with Crippen LogP contribution < -0.4 is 4.90 Å². The third-order valence-electron chi connectivity index (χ3n) is 4.96. The Balaban J connectivity index is 1.66. The Morgan fingerprint density at radius 3 is 2.46 bits per heavy atom. The van der Waals surface area contributed by atoms with E-state index < -0.39 is 22.7 Å². The highest BCUT2D eigenvalue weighted by atomic mass is 19.3. The molecule has 0 bridgehead atoms. The fourth-order valence-electron chi connectivity index (χ4n) is 3.67. The van der Waals surface area contributed by atoms with E-state index in [0.717, 1.165) is 12.5 Å². The van der Waals surface area contributed by atoms with Crippen LogP contribution in [0.1, 0.15) is 25.7 Å². The maximum absolute atomic E-state index is 14.1.